The van der Waals surface area contributed by atoms with Crippen molar-refractivity contribution < 1.29 is 20.3 Å². The summed E-state index contributed by atoms with van der Waals surface area (Å²) in [6, 6.07) is 4.23. The zero-order valence-corrected chi connectivity index (χ0v) is 13.2. The van der Waals surface area contributed by atoms with Gasteiger partial charge in [0.05, 0.1) is 11.2 Å². The van der Waals surface area contributed by atoms with Crippen LogP contribution >= 0.6 is 0 Å². The highest BCUT2D eigenvalue weighted by molar-refractivity contribution is 6.13. The first-order valence-corrected chi connectivity index (χ1v) is 6.58. The second-order valence-electron chi connectivity index (χ2n) is 6.00. The average Bonchev–Trinajstić information content (AvgIpc) is 2.23. The molecule has 1 aromatic rings. The zero-order chi connectivity index (χ0) is 16.1. The van der Waals surface area contributed by atoms with Crippen molar-refractivity contribution in [1.29, 1.82) is 0 Å². The third kappa shape index (κ3) is 5.25. The van der Waals surface area contributed by atoms with Crippen LogP contribution < -0.4 is 0 Å². The van der Waals surface area contributed by atoms with E-state index in [9.17, 15) is 10.2 Å². The van der Waals surface area contributed by atoms with Gasteiger partial charge in [0.15, 0.2) is 0 Å². The monoisotopic (exact) mass is 281 g/mol. The maximum atomic E-state index is 10.4. The topological polar surface area (TPSA) is 80.9 Å². The van der Waals surface area contributed by atoms with Crippen molar-refractivity contribution in [1.82, 2.24) is 0 Å². The first-order valence-electron chi connectivity index (χ1n) is 6.58. The summed E-state index contributed by atoms with van der Waals surface area (Å²) >= 11 is 0. The Bertz CT molecular complexity index is 413. The minimum Gasteiger partial charge on any atom is -0.429 e. The highest BCUT2D eigenvalue weighted by atomic mass is 16.4. The van der Waals surface area contributed by atoms with Gasteiger partial charge in [-0.1, -0.05) is 17.7 Å². The summed E-state index contributed by atoms with van der Waals surface area (Å²) in [7, 11) is 0. The van der Waals surface area contributed by atoms with Crippen LogP contribution in [0.1, 0.15) is 43.0 Å². The number of hydrogen-bond acceptors (Lipinski definition) is 4. The fourth-order valence-electron chi connectivity index (χ4n) is 2.05. The van der Waals surface area contributed by atoms with Crippen molar-refractivity contribution in [2.45, 2.75) is 59.2 Å². The number of hydrogen-bond donors (Lipinski definition) is 4. The molecule has 0 saturated heterocycles. The van der Waals surface area contributed by atoms with Crippen molar-refractivity contribution in [3.63, 3.8) is 0 Å². The van der Waals surface area contributed by atoms with Crippen molar-refractivity contribution in [3.8, 4) is 0 Å². The molecule has 0 aliphatic heterocycles. The smallest absolute Gasteiger partial charge is 0.429 e. The molecule has 1 rings (SSSR count). The summed E-state index contributed by atoms with van der Waals surface area (Å²) in [6.45, 7) is 11.1. The summed E-state index contributed by atoms with van der Waals surface area (Å²) in [5.74, 6) is 0. The van der Waals surface area contributed by atoms with E-state index in [0.29, 0.717) is 6.42 Å². The summed E-state index contributed by atoms with van der Waals surface area (Å²) in [4.78, 5) is 0. The van der Waals surface area contributed by atoms with Crippen LogP contribution in [0.15, 0.2) is 12.1 Å². The predicted molar refractivity (Wildman–Crippen MR) is 81.5 cm³/mol. The van der Waals surface area contributed by atoms with Gasteiger partial charge in [0.2, 0.25) is 0 Å². The molecule has 113 valence electrons. The summed E-state index contributed by atoms with van der Waals surface area (Å²) in [6.07, 6.45) is 0.467. The fourth-order valence-corrected chi connectivity index (χ4v) is 2.05. The lowest BCUT2D eigenvalue weighted by atomic mass is 9.80. The molecule has 0 spiro atoms. The van der Waals surface area contributed by atoms with Crippen LogP contribution in [0.2, 0.25) is 0 Å². The maximum absolute atomic E-state index is 10.4. The Morgan fingerprint density at radius 1 is 0.950 bits per heavy atom. The van der Waals surface area contributed by atoms with Gasteiger partial charge in [-0.15, -0.1) is 0 Å². The van der Waals surface area contributed by atoms with Crippen LogP contribution in [0.3, 0.4) is 0 Å². The Morgan fingerprint density at radius 3 is 1.60 bits per heavy atom. The van der Waals surface area contributed by atoms with Gasteiger partial charge in [-0.05, 0) is 58.2 Å². The van der Waals surface area contributed by atoms with E-state index in [2.05, 4.69) is 32.9 Å². The minimum atomic E-state index is -1.13. The zero-order valence-electron chi connectivity index (χ0n) is 13.2. The molecule has 1 unspecified atom stereocenters. The van der Waals surface area contributed by atoms with Gasteiger partial charge < -0.3 is 20.3 Å². The molecule has 5 heteroatoms. The van der Waals surface area contributed by atoms with Gasteiger partial charge in [0.25, 0.3) is 0 Å². The van der Waals surface area contributed by atoms with Crippen molar-refractivity contribution in [2.24, 2.45) is 0 Å². The van der Waals surface area contributed by atoms with Gasteiger partial charge >= 0.3 is 7.69 Å². The number of aliphatic hydroxyl groups is 2. The van der Waals surface area contributed by atoms with Gasteiger partial charge in [0, 0.05) is 6.42 Å². The van der Waals surface area contributed by atoms with E-state index >= 15 is 0 Å². The molecule has 0 bridgehead atoms. The number of rotatable bonds is 3. The molecule has 1 atom stereocenters. The molecule has 0 aromatic heterocycles. The van der Waals surface area contributed by atoms with Crippen LogP contribution in [0.25, 0.3) is 0 Å². The normalized spacial score (nSPS) is 14.1. The quantitative estimate of drug-likeness (QED) is 0.627. The van der Waals surface area contributed by atoms with Crippen LogP contribution in [0, 0.1) is 20.8 Å². The van der Waals surface area contributed by atoms with Crippen molar-refractivity contribution in [3.05, 3.63) is 34.4 Å². The third-order valence-electron chi connectivity index (χ3n) is 3.68. The molecule has 0 heterocycles. The molecule has 20 heavy (non-hydrogen) atoms. The fraction of sp³-hybridized carbons (Fsp3) is 0.600. The number of aryl methyl sites for hydroxylation is 3. The molecule has 4 nitrogen and oxygen atoms in total. The van der Waals surface area contributed by atoms with Crippen molar-refractivity contribution in [2.75, 3.05) is 0 Å². The maximum Gasteiger partial charge on any atom is 0.482 e. The highest BCUT2D eigenvalue weighted by Gasteiger charge is 2.38. The van der Waals surface area contributed by atoms with Gasteiger partial charge in [-0.25, -0.2) is 0 Å². The average molecular weight is 281 g/mol. The molecule has 0 aliphatic rings. The Balaban J connectivity index is 0.00000110. The SMILES string of the molecule is Cc1cc(C)c(CC(C)(O)C(C)(C)O)c(C)c1.O[B]O. The van der Waals surface area contributed by atoms with Crippen LogP contribution in [-0.4, -0.2) is 39.1 Å². The van der Waals surface area contributed by atoms with E-state index in [1.54, 1.807) is 20.8 Å². The van der Waals surface area contributed by atoms with Crippen LogP contribution in [0.4, 0.5) is 0 Å². The Hall–Kier alpha value is -0.875. The Morgan fingerprint density at radius 2 is 1.30 bits per heavy atom. The second-order valence-corrected chi connectivity index (χ2v) is 6.00. The van der Waals surface area contributed by atoms with Crippen LogP contribution in [-0.2, 0) is 6.42 Å². The first-order chi connectivity index (χ1) is 8.96. The van der Waals surface area contributed by atoms with E-state index in [0.717, 1.165) is 5.56 Å². The molecule has 1 radical (unpaired) electrons. The molecule has 0 saturated carbocycles. The molecular weight excluding hydrogens is 255 g/mol. The Kier molecular flexibility index (Phi) is 6.91. The third-order valence-corrected chi connectivity index (χ3v) is 3.68. The van der Waals surface area contributed by atoms with E-state index < -0.39 is 11.2 Å². The van der Waals surface area contributed by atoms with E-state index in [1.807, 2.05) is 0 Å². The molecule has 0 aliphatic carbocycles. The molecule has 1 aromatic carbocycles. The Labute approximate surface area is 122 Å². The largest absolute Gasteiger partial charge is 0.482 e. The van der Waals surface area contributed by atoms with Gasteiger partial charge in [0.1, 0.15) is 0 Å². The standard InChI is InChI=1S/C15H24O2.BH2O2/c1-10-7-11(2)13(12(3)8-10)9-15(6,17)14(4,5)16;2-1-3/h7-8,16-17H,9H2,1-6H3;2-3H. The second kappa shape index (κ2) is 7.22. The van der Waals surface area contributed by atoms with Gasteiger partial charge in [-0.2, -0.15) is 0 Å². The lowest BCUT2D eigenvalue weighted by molar-refractivity contribution is -0.119. The lowest BCUT2D eigenvalue weighted by Gasteiger charge is -2.36. The molecular formula is C15H26BO4. The molecule has 4 N–H and O–H groups in total. The van der Waals surface area contributed by atoms with Gasteiger partial charge in [-0.3, -0.25) is 0 Å². The predicted octanol–water partition coefficient (Wildman–Crippen LogP) is 1.18. The van der Waals surface area contributed by atoms with E-state index in [4.69, 9.17) is 10.0 Å². The highest BCUT2D eigenvalue weighted by Crippen LogP contribution is 2.28. The number of benzene rings is 1. The van der Waals surface area contributed by atoms with E-state index in [-0.39, 0.29) is 7.69 Å². The van der Waals surface area contributed by atoms with Crippen LogP contribution in [0.5, 0.6) is 0 Å². The molecule has 0 fully saturated rings. The summed E-state index contributed by atoms with van der Waals surface area (Å²) in [5.41, 5.74) is 2.46. The lowest BCUT2D eigenvalue weighted by Crippen LogP contribution is -2.49. The first kappa shape index (κ1) is 19.1. The summed E-state index contributed by atoms with van der Waals surface area (Å²) in [5, 5.41) is 34.4. The van der Waals surface area contributed by atoms with Crippen molar-refractivity contribution >= 4 is 7.69 Å². The molecule has 0 amide bonds. The van der Waals surface area contributed by atoms with E-state index in [1.165, 1.54) is 16.7 Å². The minimum absolute atomic E-state index is 0. The summed E-state index contributed by atoms with van der Waals surface area (Å²) < 4.78 is 0.